The van der Waals surface area contributed by atoms with Gasteiger partial charge in [0.25, 0.3) is 0 Å². The summed E-state index contributed by atoms with van der Waals surface area (Å²) in [5.74, 6) is 3.25. The highest BCUT2D eigenvalue weighted by Gasteiger charge is 2.47. The molecular formula is C26H33F2N5O2S. The van der Waals surface area contributed by atoms with Gasteiger partial charge in [0.1, 0.15) is 11.1 Å². The van der Waals surface area contributed by atoms with Crippen LogP contribution in [0, 0.1) is 11.8 Å². The Morgan fingerprint density at radius 2 is 1.89 bits per heavy atom. The number of nitrogens with one attached hydrogen (secondary N) is 1. The maximum Gasteiger partial charge on any atom is 0.345 e. The molecule has 6 aliphatic rings. The van der Waals surface area contributed by atoms with Crippen LogP contribution in [0.2, 0.25) is 0 Å². The maximum absolute atomic E-state index is 12.8. The number of rotatable bonds is 5. The van der Waals surface area contributed by atoms with Gasteiger partial charge in [0.15, 0.2) is 5.96 Å². The first-order valence-electron chi connectivity index (χ1n) is 13.3. The van der Waals surface area contributed by atoms with Gasteiger partial charge < -0.3 is 19.9 Å². The Morgan fingerprint density at radius 1 is 1.14 bits per heavy atom. The highest BCUT2D eigenvalue weighted by Crippen LogP contribution is 2.39. The molecule has 0 spiro atoms. The van der Waals surface area contributed by atoms with Crippen LogP contribution in [-0.4, -0.2) is 82.9 Å². The molecule has 1 aromatic rings. The monoisotopic (exact) mass is 517 g/mol. The smallest absolute Gasteiger partial charge is 0.345 e. The molecule has 0 aromatic heterocycles. The molecule has 1 saturated carbocycles. The predicted octanol–water partition coefficient (Wildman–Crippen LogP) is 2.56. The van der Waals surface area contributed by atoms with Crippen LogP contribution in [-0.2, 0) is 28.4 Å². The number of anilines is 1. The molecule has 0 radical (unpaired) electrons. The molecule has 5 atom stereocenters. The topological polar surface area (TPSA) is 69.5 Å². The summed E-state index contributed by atoms with van der Waals surface area (Å²) in [6.07, 6.45) is 5.57. The zero-order valence-corrected chi connectivity index (χ0v) is 21.2. The summed E-state index contributed by atoms with van der Waals surface area (Å²) in [4.78, 5) is 14.8. The van der Waals surface area contributed by atoms with Crippen LogP contribution in [0.1, 0.15) is 36.8 Å². The summed E-state index contributed by atoms with van der Waals surface area (Å²) >= 11 is 0. The summed E-state index contributed by atoms with van der Waals surface area (Å²) in [5.41, 5.74) is 3.71. The second-order valence-corrected chi connectivity index (χ2v) is 13.0. The van der Waals surface area contributed by atoms with Gasteiger partial charge in [0.2, 0.25) is 0 Å². The Kier molecular flexibility index (Phi) is 5.61. The van der Waals surface area contributed by atoms with Crippen molar-refractivity contribution in [3.63, 3.8) is 0 Å². The van der Waals surface area contributed by atoms with E-state index in [1.54, 1.807) is 0 Å². The number of hydrogen-bond acceptors (Lipinski definition) is 6. The predicted molar refractivity (Wildman–Crippen MR) is 136 cm³/mol. The van der Waals surface area contributed by atoms with Crippen LogP contribution in [0.15, 0.2) is 28.2 Å². The second kappa shape index (κ2) is 8.75. The molecule has 0 amide bonds. The normalized spacial score (nSPS) is 35.1. The lowest BCUT2D eigenvalue weighted by atomic mass is 9.78. The van der Waals surface area contributed by atoms with Crippen LogP contribution in [0.4, 0.5) is 14.5 Å². The van der Waals surface area contributed by atoms with Crippen molar-refractivity contribution in [2.75, 3.05) is 43.4 Å². The number of guanidine groups is 1. The van der Waals surface area contributed by atoms with Gasteiger partial charge in [-0.2, -0.15) is 8.78 Å². The van der Waals surface area contributed by atoms with Gasteiger partial charge in [-0.25, -0.2) is 4.99 Å². The quantitative estimate of drug-likeness (QED) is 0.650. The first kappa shape index (κ1) is 23.1. The third-order valence-corrected chi connectivity index (χ3v) is 10.9. The molecule has 4 heterocycles. The Balaban J connectivity index is 1.07. The lowest BCUT2D eigenvalue weighted by Crippen LogP contribution is -2.56. The molecule has 194 valence electrons. The number of aliphatic imine (C=N–C) groups is 2. The largest absolute Gasteiger partial charge is 0.371 e. The number of likely N-dealkylation sites (tertiary alicyclic amines) is 1. The van der Waals surface area contributed by atoms with E-state index in [1.165, 1.54) is 29.7 Å². The average Bonchev–Trinajstić information content (AvgIpc) is 3.49. The molecule has 1 N–H and O–H groups in total. The van der Waals surface area contributed by atoms with Gasteiger partial charge in [-0.05, 0) is 61.8 Å². The van der Waals surface area contributed by atoms with Crippen LogP contribution in [0.5, 0.6) is 0 Å². The van der Waals surface area contributed by atoms with Gasteiger partial charge in [-0.3, -0.25) is 9.20 Å². The number of aryl methyl sites for hydroxylation is 2. The van der Waals surface area contributed by atoms with Crippen LogP contribution >= 0.6 is 0 Å². The highest BCUT2D eigenvalue weighted by molar-refractivity contribution is 7.86. The summed E-state index contributed by atoms with van der Waals surface area (Å²) in [6.45, 7) is 1.08. The lowest BCUT2D eigenvalue weighted by Gasteiger charge is -2.40. The Bertz CT molecular complexity index is 1130. The Morgan fingerprint density at radius 3 is 2.53 bits per heavy atom. The van der Waals surface area contributed by atoms with Crippen molar-refractivity contribution in [2.24, 2.45) is 21.8 Å². The van der Waals surface area contributed by atoms with E-state index in [2.05, 4.69) is 38.1 Å². The van der Waals surface area contributed by atoms with E-state index in [1.807, 2.05) is 0 Å². The number of nitrogens with zero attached hydrogens (tertiary/aromatic N) is 4. The average molecular weight is 518 g/mol. The van der Waals surface area contributed by atoms with Gasteiger partial charge in [-0.15, -0.1) is 0 Å². The fourth-order valence-electron chi connectivity index (χ4n) is 6.86. The number of benzene rings is 1. The molecular weight excluding hydrogens is 484 g/mol. The standard InChI is InChI=1S/C26H33F2N5O2S/c27-24(28)35-15-26(7-1-8-26)31-23-22-21(6-9-36(22)34)29-25(30-23)33-13-18-11-32(12-19(18)14-33)20-5-4-16-2-3-17(16)10-20/h4-5,10,18-19,21-22,24H,1-3,6-9,11-15H2,(H,29,30,31)/t18-,19+,21?,22?,36-/m1/s1. The van der Waals surface area contributed by atoms with Crippen LogP contribution < -0.4 is 10.2 Å². The van der Waals surface area contributed by atoms with Crippen LogP contribution in [0.25, 0.3) is 0 Å². The fraction of sp³-hybridized carbons (Fsp3) is 0.692. The molecule has 2 unspecified atom stereocenters. The number of amidine groups is 1. The van der Waals surface area contributed by atoms with Crippen LogP contribution in [0.3, 0.4) is 0 Å². The van der Waals surface area contributed by atoms with Crippen molar-refractivity contribution < 1.29 is 17.7 Å². The molecule has 1 aromatic carbocycles. The third kappa shape index (κ3) is 3.95. The van der Waals surface area contributed by atoms with Crippen molar-refractivity contribution in [1.29, 1.82) is 0 Å². The SMILES string of the molecule is O=[S@@]1CCC2N=C(N3C[C@@H]4CN(c5ccc6c(c5)CC6)C[C@@H]4C3)NC(=NC3(COC(F)F)CCC3)C21. The van der Waals surface area contributed by atoms with E-state index < -0.39 is 22.9 Å². The highest BCUT2D eigenvalue weighted by atomic mass is 32.2. The van der Waals surface area contributed by atoms with Gasteiger partial charge in [-0.1, -0.05) is 6.07 Å². The summed E-state index contributed by atoms with van der Waals surface area (Å²) in [6, 6.07) is 6.88. The Hall–Kier alpha value is -2.07. The summed E-state index contributed by atoms with van der Waals surface area (Å²) in [5, 5.41) is 3.17. The van der Waals surface area contributed by atoms with Crippen molar-refractivity contribution >= 4 is 28.3 Å². The minimum atomic E-state index is -2.80. The number of hydrogen-bond donors (Lipinski definition) is 1. The molecule has 4 fully saturated rings. The number of halogens is 2. The molecule has 4 aliphatic heterocycles. The molecule has 0 bridgehead atoms. The first-order chi connectivity index (χ1) is 17.5. The third-order valence-electron chi connectivity index (χ3n) is 9.17. The van der Waals surface area contributed by atoms with E-state index in [-0.39, 0.29) is 17.9 Å². The molecule has 7 nitrogen and oxygen atoms in total. The molecule has 10 heteroatoms. The van der Waals surface area contributed by atoms with Gasteiger partial charge >= 0.3 is 6.61 Å². The van der Waals surface area contributed by atoms with Crippen molar-refractivity contribution in [3.05, 3.63) is 29.3 Å². The van der Waals surface area contributed by atoms with Gasteiger partial charge in [0, 0.05) is 60.3 Å². The van der Waals surface area contributed by atoms with Gasteiger partial charge in [0.05, 0.1) is 18.2 Å². The zero-order valence-electron chi connectivity index (χ0n) is 20.4. The first-order valence-corrected chi connectivity index (χ1v) is 14.7. The molecule has 3 saturated heterocycles. The number of fused-ring (bicyclic) bond motifs is 3. The van der Waals surface area contributed by atoms with E-state index in [0.717, 1.165) is 45.0 Å². The molecule has 7 rings (SSSR count). The van der Waals surface area contributed by atoms with E-state index >= 15 is 0 Å². The lowest BCUT2D eigenvalue weighted by molar-refractivity contribution is -0.147. The minimum Gasteiger partial charge on any atom is -0.371 e. The van der Waals surface area contributed by atoms with Crippen molar-refractivity contribution in [1.82, 2.24) is 10.2 Å². The van der Waals surface area contributed by atoms with Crippen molar-refractivity contribution in [2.45, 2.75) is 62.0 Å². The zero-order chi connectivity index (χ0) is 24.4. The molecule has 2 aliphatic carbocycles. The number of ether oxygens (including phenoxy) is 1. The number of alkyl halides is 2. The summed E-state index contributed by atoms with van der Waals surface area (Å²) < 4.78 is 43.1. The van der Waals surface area contributed by atoms with E-state index in [0.29, 0.717) is 36.3 Å². The molecule has 36 heavy (non-hydrogen) atoms. The Labute approximate surface area is 212 Å². The van der Waals surface area contributed by atoms with E-state index in [4.69, 9.17) is 9.98 Å². The fourth-order valence-corrected chi connectivity index (χ4v) is 8.49. The minimum absolute atomic E-state index is 0.0617. The maximum atomic E-state index is 12.8. The van der Waals surface area contributed by atoms with Crippen molar-refractivity contribution in [3.8, 4) is 0 Å². The second-order valence-electron chi connectivity index (χ2n) is 11.4. The van der Waals surface area contributed by atoms with E-state index in [9.17, 15) is 13.0 Å². The summed E-state index contributed by atoms with van der Waals surface area (Å²) in [7, 11) is -1.06.